The van der Waals surface area contributed by atoms with E-state index in [0.717, 1.165) is 17.5 Å². The van der Waals surface area contributed by atoms with Crippen molar-refractivity contribution in [2.75, 3.05) is 6.61 Å². The van der Waals surface area contributed by atoms with E-state index in [2.05, 4.69) is 30.2 Å². The standard InChI is InChI=1S/C27H30F8N8O3/c28-25(29)6-3-14(4-7-25)20(23-40-24(22(36)45)42(41-23)9-10-46-27(33,34)35)17-13-43-18(38-17)11-16(12-37-43)21(15-1-2-15)39-19(44)5-8-26(30,31)32/h11-15,20-21H,1-10H2,(H2,36,45)(H,39,44)/t20-,21+/m0/s1. The van der Waals surface area contributed by atoms with E-state index in [9.17, 15) is 44.7 Å². The number of amides is 2. The quantitative estimate of drug-likeness (QED) is 0.264. The van der Waals surface area contributed by atoms with Crippen molar-refractivity contribution < 1.29 is 49.4 Å². The number of alkyl halides is 8. The molecule has 19 heteroatoms. The highest BCUT2D eigenvalue weighted by Gasteiger charge is 2.41. The predicted molar refractivity (Wildman–Crippen MR) is 141 cm³/mol. The number of nitrogens with zero attached hydrogens (tertiary/aromatic N) is 6. The van der Waals surface area contributed by atoms with E-state index in [0.29, 0.717) is 5.56 Å². The average molecular weight is 667 g/mol. The van der Waals surface area contributed by atoms with Crippen molar-refractivity contribution in [2.24, 2.45) is 17.6 Å². The Morgan fingerprint density at radius 1 is 1.07 bits per heavy atom. The summed E-state index contributed by atoms with van der Waals surface area (Å²) in [6, 6.07) is 0.995. The Morgan fingerprint density at radius 3 is 2.37 bits per heavy atom. The molecule has 2 atom stereocenters. The Kier molecular flexibility index (Phi) is 9.25. The summed E-state index contributed by atoms with van der Waals surface area (Å²) in [5, 5.41) is 11.2. The average Bonchev–Trinajstić information content (AvgIpc) is 3.57. The number of imidazole rings is 1. The van der Waals surface area contributed by atoms with Gasteiger partial charge in [0.05, 0.1) is 49.6 Å². The van der Waals surface area contributed by atoms with Gasteiger partial charge in [-0.05, 0) is 49.1 Å². The van der Waals surface area contributed by atoms with E-state index < -0.39 is 92.8 Å². The molecule has 3 heterocycles. The number of aromatic nitrogens is 6. The number of nitrogens with one attached hydrogen (secondary N) is 1. The molecule has 3 aromatic heterocycles. The van der Waals surface area contributed by atoms with Crippen molar-refractivity contribution in [3.8, 4) is 0 Å². The summed E-state index contributed by atoms with van der Waals surface area (Å²) >= 11 is 0. The van der Waals surface area contributed by atoms with Crippen LogP contribution in [0, 0.1) is 11.8 Å². The molecule has 2 saturated carbocycles. The molecular formula is C27H30F8N8O3. The molecule has 2 fully saturated rings. The van der Waals surface area contributed by atoms with Gasteiger partial charge in [-0.3, -0.25) is 14.3 Å². The zero-order chi connectivity index (χ0) is 33.4. The number of halogens is 8. The minimum atomic E-state index is -4.93. The molecule has 2 aliphatic rings. The van der Waals surface area contributed by atoms with Gasteiger partial charge >= 0.3 is 12.5 Å². The summed E-state index contributed by atoms with van der Waals surface area (Å²) in [6.45, 7) is -1.43. The first kappa shape index (κ1) is 33.5. The normalized spacial score (nSPS) is 18.9. The first-order valence-electron chi connectivity index (χ1n) is 14.5. The molecule has 0 radical (unpaired) electrons. The van der Waals surface area contributed by atoms with Crippen LogP contribution in [0.2, 0.25) is 0 Å². The number of rotatable bonds is 12. The molecule has 0 spiro atoms. The highest BCUT2D eigenvalue weighted by molar-refractivity contribution is 5.89. The largest absolute Gasteiger partial charge is 0.522 e. The van der Waals surface area contributed by atoms with Crippen LogP contribution >= 0.6 is 0 Å². The lowest BCUT2D eigenvalue weighted by atomic mass is 9.77. The summed E-state index contributed by atoms with van der Waals surface area (Å²) in [5.41, 5.74) is 6.45. The van der Waals surface area contributed by atoms with Gasteiger partial charge in [-0.2, -0.15) is 23.4 Å². The van der Waals surface area contributed by atoms with Crippen molar-refractivity contribution in [1.29, 1.82) is 0 Å². The van der Waals surface area contributed by atoms with Gasteiger partial charge < -0.3 is 11.1 Å². The molecule has 0 bridgehead atoms. The van der Waals surface area contributed by atoms with E-state index in [-0.39, 0.29) is 35.9 Å². The van der Waals surface area contributed by atoms with Crippen molar-refractivity contribution in [3.05, 3.63) is 41.4 Å². The van der Waals surface area contributed by atoms with E-state index >= 15 is 0 Å². The fourth-order valence-electron chi connectivity index (χ4n) is 5.69. The van der Waals surface area contributed by atoms with E-state index in [4.69, 9.17) is 5.73 Å². The van der Waals surface area contributed by atoms with Crippen LogP contribution in [-0.4, -0.2) is 66.2 Å². The third-order valence-corrected chi connectivity index (χ3v) is 8.07. The summed E-state index contributed by atoms with van der Waals surface area (Å²) in [6.07, 6.45) is -7.80. The number of carbonyl (C=O) groups excluding carboxylic acids is 2. The zero-order valence-corrected chi connectivity index (χ0v) is 24.1. The van der Waals surface area contributed by atoms with Crippen LogP contribution in [0.3, 0.4) is 0 Å². The van der Waals surface area contributed by atoms with Gasteiger partial charge in [-0.15, -0.1) is 13.2 Å². The van der Waals surface area contributed by atoms with Crippen LogP contribution in [0.4, 0.5) is 35.1 Å². The Hall–Kier alpha value is -3.90. The second-order valence-corrected chi connectivity index (χ2v) is 11.6. The van der Waals surface area contributed by atoms with E-state index in [1.165, 1.54) is 16.9 Å². The number of primary amides is 1. The minimum absolute atomic E-state index is 0.00751. The van der Waals surface area contributed by atoms with Crippen molar-refractivity contribution in [1.82, 2.24) is 34.7 Å². The number of nitrogens with two attached hydrogens (primary N) is 1. The number of hydrogen-bond donors (Lipinski definition) is 2. The molecule has 0 unspecified atom stereocenters. The smallest absolute Gasteiger partial charge is 0.363 e. The number of ether oxygens (including phenoxy) is 1. The molecule has 11 nitrogen and oxygen atoms in total. The first-order chi connectivity index (χ1) is 21.5. The maximum atomic E-state index is 14.1. The topological polar surface area (TPSA) is 142 Å². The lowest BCUT2D eigenvalue weighted by Crippen LogP contribution is -2.30. The molecule has 0 aromatic carbocycles. The van der Waals surface area contributed by atoms with Crippen LogP contribution in [0.15, 0.2) is 18.5 Å². The molecule has 5 rings (SSSR count). The highest BCUT2D eigenvalue weighted by atomic mass is 19.4. The Labute approximate surface area is 255 Å². The minimum Gasteiger partial charge on any atom is -0.363 e. The van der Waals surface area contributed by atoms with Gasteiger partial charge in [0, 0.05) is 19.3 Å². The van der Waals surface area contributed by atoms with E-state index in [1.54, 1.807) is 6.07 Å². The van der Waals surface area contributed by atoms with Gasteiger partial charge in [0.15, 0.2) is 11.5 Å². The second kappa shape index (κ2) is 12.7. The molecule has 2 amide bonds. The molecule has 3 N–H and O–H groups in total. The fraction of sp³-hybridized carbons (Fsp3) is 0.630. The predicted octanol–water partition coefficient (Wildman–Crippen LogP) is 4.82. The summed E-state index contributed by atoms with van der Waals surface area (Å²) in [4.78, 5) is 33.2. The van der Waals surface area contributed by atoms with Crippen LogP contribution in [0.25, 0.3) is 5.65 Å². The first-order valence-corrected chi connectivity index (χ1v) is 14.5. The monoisotopic (exact) mass is 666 g/mol. The van der Waals surface area contributed by atoms with E-state index in [1.807, 2.05) is 0 Å². The Balaban J connectivity index is 1.46. The van der Waals surface area contributed by atoms with Crippen LogP contribution in [-0.2, 0) is 16.1 Å². The van der Waals surface area contributed by atoms with Crippen molar-refractivity contribution in [2.45, 2.75) is 88.3 Å². The van der Waals surface area contributed by atoms with Crippen LogP contribution < -0.4 is 11.1 Å². The summed E-state index contributed by atoms with van der Waals surface area (Å²) < 4.78 is 110. The molecule has 252 valence electrons. The zero-order valence-electron chi connectivity index (χ0n) is 24.1. The SMILES string of the molecule is NC(=O)c1nc([C@H](c2cn3ncc([C@H](NC(=O)CCC(F)(F)F)C4CC4)cc3n2)C2CCC(F)(F)CC2)nn1CCOC(F)(F)F. The molecule has 3 aromatic rings. The Bertz CT molecular complexity index is 1560. The lowest BCUT2D eigenvalue weighted by Gasteiger charge is -2.31. The Morgan fingerprint density at radius 2 is 1.76 bits per heavy atom. The number of hydrogen-bond acceptors (Lipinski definition) is 7. The molecular weight excluding hydrogens is 636 g/mol. The number of fused-ring (bicyclic) bond motifs is 1. The molecule has 2 aliphatic carbocycles. The summed E-state index contributed by atoms with van der Waals surface area (Å²) in [5.74, 6) is -6.64. The van der Waals surface area contributed by atoms with Gasteiger partial charge in [0.25, 0.3) is 5.91 Å². The third-order valence-electron chi connectivity index (χ3n) is 8.07. The van der Waals surface area contributed by atoms with Gasteiger partial charge in [-0.25, -0.2) is 27.9 Å². The van der Waals surface area contributed by atoms with Crippen molar-refractivity contribution in [3.63, 3.8) is 0 Å². The van der Waals surface area contributed by atoms with Crippen LogP contribution in [0.1, 0.15) is 91.0 Å². The summed E-state index contributed by atoms with van der Waals surface area (Å²) in [7, 11) is 0. The number of carbonyl (C=O) groups is 2. The van der Waals surface area contributed by atoms with Crippen molar-refractivity contribution >= 4 is 17.5 Å². The molecule has 0 aliphatic heterocycles. The maximum absolute atomic E-state index is 14.1. The second-order valence-electron chi connectivity index (χ2n) is 11.6. The third kappa shape index (κ3) is 8.47. The maximum Gasteiger partial charge on any atom is 0.522 e. The highest BCUT2D eigenvalue weighted by Crippen LogP contribution is 2.45. The lowest BCUT2D eigenvalue weighted by molar-refractivity contribution is -0.325. The molecule has 0 saturated heterocycles. The molecule has 46 heavy (non-hydrogen) atoms. The van der Waals surface area contributed by atoms with Gasteiger partial charge in [0.2, 0.25) is 17.7 Å². The van der Waals surface area contributed by atoms with Crippen LogP contribution in [0.5, 0.6) is 0 Å². The van der Waals surface area contributed by atoms with Gasteiger partial charge in [0.1, 0.15) is 0 Å². The van der Waals surface area contributed by atoms with Gasteiger partial charge in [-0.1, -0.05) is 0 Å². The fourth-order valence-corrected chi connectivity index (χ4v) is 5.69.